The number of hydrogen-bond donors (Lipinski definition) is 1. The van der Waals surface area contributed by atoms with E-state index in [9.17, 15) is 10.1 Å². The molecule has 0 bridgehead atoms. The van der Waals surface area contributed by atoms with Crippen molar-refractivity contribution in [1.29, 1.82) is 5.26 Å². The molecule has 1 unspecified atom stereocenters. The molecule has 0 aliphatic carbocycles. The second-order valence-corrected chi connectivity index (χ2v) is 21.0. The van der Waals surface area contributed by atoms with Gasteiger partial charge >= 0.3 is 314 Å². The molecule has 14 heteroatoms. The van der Waals surface area contributed by atoms with Crippen molar-refractivity contribution in [3.05, 3.63) is 154 Å². The fourth-order valence-electron chi connectivity index (χ4n) is 6.25. The molecule has 2 N–H and O–H groups in total. The minimum absolute atomic E-state index is 0.0484. The van der Waals surface area contributed by atoms with Crippen LogP contribution in [0.3, 0.4) is 0 Å². The molecule has 0 radical (unpaired) electrons. The number of ether oxygens (including phenoxy) is 4. The fraction of sp³-hybridized carbons (Fsp3) is 0.275. The van der Waals surface area contributed by atoms with Crippen molar-refractivity contribution in [2.45, 2.75) is 42.6 Å². The molecule has 1 aliphatic heterocycles. The minimum atomic E-state index is -2.79. The van der Waals surface area contributed by atoms with E-state index in [2.05, 4.69) is 26.2 Å². The monoisotopic (exact) mass is 832 g/mol. The van der Waals surface area contributed by atoms with Gasteiger partial charge in [-0.05, 0) is 0 Å². The number of nitrogens with zero attached hydrogens (tertiary/aromatic N) is 3. The first-order valence-electron chi connectivity index (χ1n) is 17.2. The fourth-order valence-corrected chi connectivity index (χ4v) is 11.9. The Balaban J connectivity index is 1.39. The van der Waals surface area contributed by atoms with E-state index in [1.807, 2.05) is 109 Å². The van der Waals surface area contributed by atoms with Gasteiger partial charge in [-0.3, -0.25) is 0 Å². The topological polar surface area (TPSA) is 140 Å². The van der Waals surface area contributed by atoms with Crippen LogP contribution >= 0.6 is 16.5 Å². The zero-order chi connectivity index (χ0) is 38.0. The number of rotatable bonds is 17. The normalized spacial score (nSPS) is 18.1. The summed E-state index contributed by atoms with van der Waals surface area (Å²) in [6.07, 6.45) is 0.0596. The third-order valence-corrected chi connectivity index (χ3v) is 15.9. The second kappa shape index (κ2) is 18.4. The molecule has 1 saturated heterocycles. The number of methoxy groups -OCH3 is 2. The summed E-state index contributed by atoms with van der Waals surface area (Å²) in [4.78, 5) is 17.0. The van der Waals surface area contributed by atoms with E-state index in [0.29, 0.717) is 23.7 Å². The van der Waals surface area contributed by atoms with Crippen LogP contribution in [0.2, 0.25) is 0 Å². The Bertz CT molecular complexity index is 2070. The van der Waals surface area contributed by atoms with Crippen LogP contribution < -0.4 is 20.9 Å². The first-order chi connectivity index (χ1) is 26.3. The predicted octanol–water partition coefficient (Wildman–Crippen LogP) is 7.23. The summed E-state index contributed by atoms with van der Waals surface area (Å²) in [7, 11) is 3.26. The van der Waals surface area contributed by atoms with E-state index >= 15 is 0 Å². The number of nitriles is 1. The Kier molecular flexibility index (Phi) is 13.5. The molecule has 0 saturated carbocycles. The van der Waals surface area contributed by atoms with Crippen LogP contribution in [0, 0.1) is 11.3 Å². The zero-order valence-electron chi connectivity index (χ0n) is 29.9. The van der Waals surface area contributed by atoms with Crippen LogP contribution in [0.4, 0.5) is 5.82 Å². The van der Waals surface area contributed by atoms with Crippen molar-refractivity contribution in [2.75, 3.05) is 33.2 Å². The summed E-state index contributed by atoms with van der Waals surface area (Å²) >= 11 is 4.74. The third-order valence-electron chi connectivity index (χ3n) is 8.94. The molecular formula is C40H41N4O7PSSe. The summed E-state index contributed by atoms with van der Waals surface area (Å²) in [5.41, 5.74) is 7.87. The Morgan fingerprint density at radius 2 is 1.52 bits per heavy atom. The average molecular weight is 832 g/mol. The molecule has 0 amide bonds. The molecule has 0 spiro atoms. The Hall–Kier alpha value is -4.21. The van der Waals surface area contributed by atoms with E-state index in [1.165, 1.54) is 15.9 Å². The molecule has 5 aromatic rings. The van der Waals surface area contributed by atoms with Crippen LogP contribution in [0.1, 0.15) is 41.3 Å². The van der Waals surface area contributed by atoms with Gasteiger partial charge < -0.3 is 0 Å². The number of anilines is 1. The number of aromatic nitrogens is 2. The van der Waals surface area contributed by atoms with Crippen molar-refractivity contribution >= 4 is 37.5 Å². The number of nitrogens with two attached hydrogens (primary N) is 1. The van der Waals surface area contributed by atoms with E-state index in [-0.39, 0.29) is 25.5 Å². The van der Waals surface area contributed by atoms with Gasteiger partial charge in [0.25, 0.3) is 0 Å². The maximum atomic E-state index is 13.1. The van der Waals surface area contributed by atoms with E-state index in [1.54, 1.807) is 26.5 Å². The van der Waals surface area contributed by atoms with Gasteiger partial charge in [0.1, 0.15) is 0 Å². The van der Waals surface area contributed by atoms with Gasteiger partial charge in [-0.25, -0.2) is 0 Å². The SMILES string of the molecule is COc1ccc(C(OC[C@H]2O[C@@H](n3ccc(N)nc3=O)C[C@@H]2OP(=[Se])(OCCC#N)SCc2ccccc2)(c2ccccc2)c2ccc(OC)cc2)cc1. The molecule has 1 aliphatic rings. The molecule has 4 aromatic carbocycles. The van der Waals surface area contributed by atoms with Gasteiger partial charge in [-0.2, -0.15) is 0 Å². The molecule has 2 heterocycles. The zero-order valence-corrected chi connectivity index (χ0v) is 33.3. The molecule has 1 fully saturated rings. The van der Waals surface area contributed by atoms with Crippen molar-refractivity contribution in [3.63, 3.8) is 0 Å². The number of benzene rings is 4. The quantitative estimate of drug-likeness (QED) is 0.0439. The summed E-state index contributed by atoms with van der Waals surface area (Å²) in [5.74, 6) is 2.14. The first kappa shape index (κ1) is 39.5. The second-order valence-electron chi connectivity index (χ2n) is 12.3. The van der Waals surface area contributed by atoms with Gasteiger partial charge in [0.2, 0.25) is 0 Å². The first-order valence-corrected chi connectivity index (χ1v) is 22.7. The molecule has 1 aromatic heterocycles. The van der Waals surface area contributed by atoms with Gasteiger partial charge in [0.15, 0.2) is 0 Å². The molecule has 54 heavy (non-hydrogen) atoms. The van der Waals surface area contributed by atoms with Crippen LogP contribution in [0.5, 0.6) is 11.5 Å². The summed E-state index contributed by atoms with van der Waals surface area (Å²) < 4.78 is 39.6. The molecular weight excluding hydrogens is 790 g/mol. The average Bonchev–Trinajstić information content (AvgIpc) is 3.60. The molecule has 6 rings (SSSR count). The van der Waals surface area contributed by atoms with E-state index in [4.69, 9.17) is 33.7 Å². The predicted molar refractivity (Wildman–Crippen MR) is 211 cm³/mol. The Morgan fingerprint density at radius 3 is 2.09 bits per heavy atom. The third kappa shape index (κ3) is 9.35. The number of nitrogen functional groups attached to an aromatic ring is 1. The standard InChI is InChI=1S/C40H41N4O7PSSe/c1-46-33-18-14-31(15-19-33)40(30-12-7-4-8-13-30,32-16-20-34(47-2)21-17-32)48-27-36-35(26-38(50-36)44-24-22-37(42)43-39(44)45)51-52(54,49-25-9-23-41)53-28-29-10-5-3-6-11-29/h3-8,10-22,24,35-36,38H,9,25-28H2,1-2H3,(H2,42,43,45)/t35-,36+,38+,52?/m0/s1. The summed E-state index contributed by atoms with van der Waals surface area (Å²) in [6.45, 7) is 0.234. The van der Waals surface area contributed by atoms with Gasteiger partial charge in [-0.15, -0.1) is 0 Å². The summed E-state index contributed by atoms with van der Waals surface area (Å²) in [6, 6.07) is 39.3. The Labute approximate surface area is 326 Å². The van der Waals surface area contributed by atoms with Crippen molar-refractivity contribution < 1.29 is 28.0 Å². The van der Waals surface area contributed by atoms with Crippen LogP contribution in [0.15, 0.2) is 126 Å². The van der Waals surface area contributed by atoms with Crippen molar-refractivity contribution in [2.24, 2.45) is 0 Å². The molecule has 11 nitrogen and oxygen atoms in total. The molecule has 280 valence electrons. The van der Waals surface area contributed by atoms with Crippen LogP contribution in [-0.4, -0.2) is 64.3 Å². The molecule has 4 atom stereocenters. The summed E-state index contributed by atoms with van der Waals surface area (Å²) in [5, 5.41) is 6.53. The maximum absolute atomic E-state index is 13.1. The van der Waals surface area contributed by atoms with Crippen LogP contribution in [0.25, 0.3) is 0 Å². The Morgan fingerprint density at radius 1 is 0.926 bits per heavy atom. The number of hydrogen-bond acceptors (Lipinski definition) is 11. The van der Waals surface area contributed by atoms with Crippen molar-refractivity contribution in [3.8, 4) is 17.6 Å². The van der Waals surface area contributed by atoms with E-state index in [0.717, 1.165) is 22.3 Å². The van der Waals surface area contributed by atoms with Gasteiger partial charge in [0.05, 0.1) is 14.2 Å². The van der Waals surface area contributed by atoms with Gasteiger partial charge in [-0.1, -0.05) is 0 Å². The van der Waals surface area contributed by atoms with Gasteiger partial charge in [0, 0.05) is 0 Å². The van der Waals surface area contributed by atoms with Crippen LogP contribution in [-0.2, 0) is 29.9 Å². The van der Waals surface area contributed by atoms with E-state index < -0.39 is 34.9 Å². The van der Waals surface area contributed by atoms with Crippen molar-refractivity contribution in [1.82, 2.24) is 9.55 Å².